The van der Waals surface area contributed by atoms with E-state index in [2.05, 4.69) is 0 Å². The van der Waals surface area contributed by atoms with E-state index in [1.165, 1.54) is 0 Å². The Kier molecular flexibility index (Phi) is 6.97. The van der Waals surface area contributed by atoms with E-state index in [0.717, 1.165) is 0 Å². The van der Waals surface area contributed by atoms with Gasteiger partial charge in [-0.1, -0.05) is 23.7 Å². The van der Waals surface area contributed by atoms with Gasteiger partial charge in [-0.25, -0.2) is 0 Å². The molecule has 0 aliphatic rings. The van der Waals surface area contributed by atoms with Gasteiger partial charge in [0.2, 0.25) is 0 Å². The molecule has 0 amide bonds. The van der Waals surface area contributed by atoms with Crippen LogP contribution in [0.3, 0.4) is 0 Å². The monoisotopic (exact) mass is 284 g/mol. The fourth-order valence-corrected chi connectivity index (χ4v) is 1.65. The van der Waals surface area contributed by atoms with E-state index in [4.69, 9.17) is 21.1 Å². The molecule has 4 nitrogen and oxygen atoms in total. The Morgan fingerprint density at radius 2 is 1.74 bits per heavy atom. The minimum Gasteiger partial charge on any atom is -0.466 e. The quantitative estimate of drug-likeness (QED) is 0.438. The number of rotatable bonds is 7. The van der Waals surface area contributed by atoms with E-state index in [-0.39, 0.29) is 18.4 Å². The molecule has 0 unspecified atom stereocenters. The Morgan fingerprint density at radius 1 is 1.11 bits per heavy atom. The molecule has 5 heteroatoms. The third-order valence-corrected chi connectivity index (χ3v) is 2.69. The average Bonchev–Trinajstić information content (AvgIpc) is 2.38. The summed E-state index contributed by atoms with van der Waals surface area (Å²) in [6.45, 7) is 2.15. The highest BCUT2D eigenvalue weighted by atomic mass is 35.5. The van der Waals surface area contributed by atoms with Crippen LogP contribution in [-0.4, -0.2) is 18.5 Å². The Morgan fingerprint density at radius 3 is 2.37 bits per heavy atom. The molecule has 0 saturated heterocycles. The lowest BCUT2D eigenvalue weighted by Gasteiger charge is -2.05. The highest BCUT2D eigenvalue weighted by molar-refractivity contribution is 6.32. The highest BCUT2D eigenvalue weighted by Crippen LogP contribution is 2.23. The highest BCUT2D eigenvalue weighted by Gasteiger charge is 2.08. The van der Waals surface area contributed by atoms with E-state index in [1.807, 2.05) is 0 Å². The van der Waals surface area contributed by atoms with E-state index in [9.17, 15) is 9.59 Å². The standard InChI is InChI=1S/C14H17ClO4/c1-2-18-13(16)9-5-6-10-14(17)19-12-8-4-3-7-11(12)15/h3-4,7-8H,2,5-6,9-10H2,1H3. The average molecular weight is 285 g/mol. The van der Waals surface area contributed by atoms with Gasteiger partial charge >= 0.3 is 11.9 Å². The number of benzene rings is 1. The summed E-state index contributed by atoms with van der Waals surface area (Å²) in [6, 6.07) is 6.80. The molecular formula is C14H17ClO4. The lowest BCUT2D eigenvalue weighted by atomic mass is 10.2. The molecule has 0 aromatic heterocycles. The number of carbonyl (C=O) groups is 2. The Labute approximate surface area is 117 Å². The van der Waals surface area contributed by atoms with Gasteiger partial charge in [0.25, 0.3) is 0 Å². The third kappa shape index (κ3) is 6.25. The van der Waals surface area contributed by atoms with Crippen molar-refractivity contribution in [1.82, 2.24) is 0 Å². The summed E-state index contributed by atoms with van der Waals surface area (Å²) >= 11 is 5.87. The predicted octanol–water partition coefficient (Wildman–Crippen LogP) is 3.37. The van der Waals surface area contributed by atoms with Gasteiger partial charge in [-0.3, -0.25) is 9.59 Å². The molecule has 0 saturated carbocycles. The van der Waals surface area contributed by atoms with Crippen molar-refractivity contribution in [3.8, 4) is 5.75 Å². The van der Waals surface area contributed by atoms with Crippen molar-refractivity contribution in [1.29, 1.82) is 0 Å². The first-order chi connectivity index (χ1) is 9.13. The van der Waals surface area contributed by atoms with Crippen LogP contribution in [0.1, 0.15) is 32.6 Å². The zero-order valence-electron chi connectivity index (χ0n) is 10.9. The van der Waals surface area contributed by atoms with Gasteiger partial charge in [0.05, 0.1) is 11.6 Å². The van der Waals surface area contributed by atoms with Crippen LogP contribution in [0, 0.1) is 0 Å². The van der Waals surface area contributed by atoms with Crippen LogP contribution in [0.5, 0.6) is 5.75 Å². The van der Waals surface area contributed by atoms with E-state index < -0.39 is 0 Å². The number of esters is 2. The normalized spacial score (nSPS) is 10.0. The maximum atomic E-state index is 11.5. The van der Waals surface area contributed by atoms with Crippen molar-refractivity contribution in [2.75, 3.05) is 6.61 Å². The fourth-order valence-electron chi connectivity index (χ4n) is 1.47. The smallest absolute Gasteiger partial charge is 0.311 e. The molecule has 1 aromatic rings. The number of unbranched alkanes of at least 4 members (excludes halogenated alkanes) is 1. The molecule has 0 spiro atoms. The van der Waals surface area contributed by atoms with Crippen LogP contribution >= 0.6 is 11.6 Å². The van der Waals surface area contributed by atoms with E-state index in [0.29, 0.717) is 36.6 Å². The minimum atomic E-state index is -0.350. The first-order valence-electron chi connectivity index (χ1n) is 6.24. The van der Waals surface area contributed by atoms with Crippen molar-refractivity contribution in [2.45, 2.75) is 32.6 Å². The van der Waals surface area contributed by atoms with Gasteiger partial charge in [-0.05, 0) is 31.9 Å². The topological polar surface area (TPSA) is 52.6 Å². The molecule has 0 aliphatic carbocycles. The number of hydrogen-bond donors (Lipinski definition) is 0. The van der Waals surface area contributed by atoms with Crippen LogP contribution in [-0.2, 0) is 14.3 Å². The molecule has 0 aliphatic heterocycles. The van der Waals surface area contributed by atoms with Gasteiger partial charge in [0, 0.05) is 12.8 Å². The van der Waals surface area contributed by atoms with Crippen molar-refractivity contribution in [3.05, 3.63) is 29.3 Å². The summed E-state index contributed by atoms with van der Waals surface area (Å²) in [5.41, 5.74) is 0. The number of hydrogen-bond acceptors (Lipinski definition) is 4. The zero-order valence-corrected chi connectivity index (χ0v) is 11.6. The van der Waals surface area contributed by atoms with Gasteiger partial charge < -0.3 is 9.47 Å². The third-order valence-electron chi connectivity index (χ3n) is 2.38. The molecule has 1 rings (SSSR count). The maximum Gasteiger partial charge on any atom is 0.311 e. The molecule has 19 heavy (non-hydrogen) atoms. The zero-order chi connectivity index (χ0) is 14.1. The van der Waals surface area contributed by atoms with Crippen molar-refractivity contribution in [2.24, 2.45) is 0 Å². The van der Waals surface area contributed by atoms with Gasteiger partial charge in [-0.15, -0.1) is 0 Å². The van der Waals surface area contributed by atoms with Crippen LogP contribution in [0.25, 0.3) is 0 Å². The molecule has 1 aromatic carbocycles. The number of carbonyl (C=O) groups excluding carboxylic acids is 2. The first kappa shape index (κ1) is 15.5. The predicted molar refractivity (Wildman–Crippen MR) is 72.2 cm³/mol. The number of halogens is 1. The Balaban J connectivity index is 2.22. The van der Waals surface area contributed by atoms with Crippen molar-refractivity contribution < 1.29 is 19.1 Å². The molecule has 0 atom stereocenters. The maximum absolute atomic E-state index is 11.5. The SMILES string of the molecule is CCOC(=O)CCCCC(=O)Oc1ccccc1Cl. The first-order valence-corrected chi connectivity index (χ1v) is 6.62. The van der Waals surface area contributed by atoms with Crippen molar-refractivity contribution in [3.63, 3.8) is 0 Å². The second-order valence-corrected chi connectivity index (χ2v) is 4.32. The molecule has 0 N–H and O–H groups in total. The summed E-state index contributed by atoms with van der Waals surface area (Å²) in [7, 11) is 0. The van der Waals surface area contributed by atoms with Gasteiger partial charge in [0.15, 0.2) is 0 Å². The number of ether oxygens (including phenoxy) is 2. The summed E-state index contributed by atoms with van der Waals surface area (Å²) < 4.78 is 9.90. The Hall–Kier alpha value is -1.55. The van der Waals surface area contributed by atoms with E-state index >= 15 is 0 Å². The number of para-hydroxylation sites is 1. The van der Waals surface area contributed by atoms with Crippen LogP contribution in [0.15, 0.2) is 24.3 Å². The molecule has 0 fully saturated rings. The second kappa shape index (κ2) is 8.53. The molecule has 0 bridgehead atoms. The second-order valence-electron chi connectivity index (χ2n) is 3.92. The van der Waals surface area contributed by atoms with E-state index in [1.54, 1.807) is 31.2 Å². The largest absolute Gasteiger partial charge is 0.466 e. The minimum absolute atomic E-state index is 0.234. The fraction of sp³-hybridized carbons (Fsp3) is 0.429. The molecular weight excluding hydrogens is 268 g/mol. The van der Waals surface area contributed by atoms with Crippen LogP contribution in [0.2, 0.25) is 5.02 Å². The lowest BCUT2D eigenvalue weighted by Crippen LogP contribution is -2.09. The van der Waals surface area contributed by atoms with Crippen LogP contribution in [0.4, 0.5) is 0 Å². The van der Waals surface area contributed by atoms with Crippen LogP contribution < -0.4 is 4.74 Å². The summed E-state index contributed by atoms with van der Waals surface area (Å²) in [4.78, 5) is 22.6. The summed E-state index contributed by atoms with van der Waals surface area (Å²) in [5, 5.41) is 0.405. The van der Waals surface area contributed by atoms with Gasteiger partial charge in [-0.2, -0.15) is 0 Å². The summed E-state index contributed by atoms with van der Waals surface area (Å²) in [6.07, 6.45) is 1.77. The molecule has 0 radical (unpaired) electrons. The van der Waals surface area contributed by atoms with Crippen molar-refractivity contribution >= 4 is 23.5 Å². The Bertz CT molecular complexity index is 431. The summed E-state index contributed by atoms with van der Waals surface area (Å²) in [5.74, 6) is -0.224. The molecule has 104 valence electrons. The van der Waals surface area contributed by atoms with Gasteiger partial charge in [0.1, 0.15) is 5.75 Å². The lowest BCUT2D eigenvalue weighted by molar-refractivity contribution is -0.143. The molecule has 0 heterocycles.